The number of methoxy groups -OCH3 is 1. The fourth-order valence-corrected chi connectivity index (χ4v) is 7.06. The van der Waals surface area contributed by atoms with Gasteiger partial charge in [-0.15, -0.1) is 0 Å². The van der Waals surface area contributed by atoms with Crippen molar-refractivity contribution in [3.05, 3.63) is 81.3 Å². The van der Waals surface area contributed by atoms with E-state index in [9.17, 15) is 23.7 Å². The molecule has 0 aromatic heterocycles. The van der Waals surface area contributed by atoms with Gasteiger partial charge in [0.2, 0.25) is 0 Å². The van der Waals surface area contributed by atoms with Gasteiger partial charge < -0.3 is 34.3 Å². The molecule has 12 heteroatoms. The molecular formula is C29H30Cl2O9S. The number of rotatable bonds is 8. The van der Waals surface area contributed by atoms with Crippen molar-refractivity contribution in [1.29, 1.82) is 0 Å². The van der Waals surface area contributed by atoms with Gasteiger partial charge in [-0.1, -0.05) is 41.4 Å². The molecule has 2 heterocycles. The summed E-state index contributed by atoms with van der Waals surface area (Å²) in [5, 5.41) is 30.7. The van der Waals surface area contributed by atoms with Gasteiger partial charge >= 0.3 is 5.12 Å². The Morgan fingerprint density at radius 2 is 1.83 bits per heavy atom. The van der Waals surface area contributed by atoms with Crippen molar-refractivity contribution >= 4 is 33.0 Å². The van der Waals surface area contributed by atoms with Crippen LogP contribution in [0.3, 0.4) is 0 Å². The summed E-state index contributed by atoms with van der Waals surface area (Å²) in [5.41, 5.74) is 1.83. The minimum absolute atomic E-state index is 0.0869. The number of ether oxygens (including phenoxy) is 4. The zero-order chi connectivity index (χ0) is 29.6. The first-order valence-electron chi connectivity index (χ1n) is 13.0. The first-order valence-corrected chi connectivity index (χ1v) is 15.2. The molecule has 220 valence electrons. The van der Waals surface area contributed by atoms with Gasteiger partial charge in [0.05, 0.1) is 12.0 Å². The highest BCUT2D eigenvalue weighted by atomic mass is 35.5. The summed E-state index contributed by atoms with van der Waals surface area (Å²) in [6.07, 6.45) is -0.349. The molecule has 0 aliphatic carbocycles. The molecule has 3 N–H and O–H groups in total. The summed E-state index contributed by atoms with van der Waals surface area (Å²) in [5.74, 6) is -2.54. The lowest BCUT2D eigenvalue weighted by atomic mass is 10.00. The van der Waals surface area contributed by atoms with Crippen molar-refractivity contribution in [2.75, 3.05) is 13.7 Å². The van der Waals surface area contributed by atoms with Crippen LogP contribution < -0.4 is 14.2 Å². The summed E-state index contributed by atoms with van der Waals surface area (Å²) in [7, 11) is -3.31. The molecule has 41 heavy (non-hydrogen) atoms. The number of hydrogen-bond donors (Lipinski definition) is 3. The molecule has 0 saturated carbocycles. The summed E-state index contributed by atoms with van der Waals surface area (Å²) < 4.78 is 49.8. The van der Waals surface area contributed by atoms with E-state index in [4.69, 9.17) is 42.1 Å². The van der Waals surface area contributed by atoms with Crippen LogP contribution in [0.1, 0.15) is 42.1 Å². The lowest BCUT2D eigenvalue weighted by molar-refractivity contribution is -0.348. The molecular weight excluding hydrogens is 595 g/mol. The molecule has 9 nitrogen and oxygen atoms in total. The molecule has 2 aliphatic heterocycles. The number of benzene rings is 3. The van der Waals surface area contributed by atoms with Gasteiger partial charge in [-0.05, 0) is 73.7 Å². The number of aliphatic hydroxyl groups is 3. The molecule has 2 aliphatic rings. The number of sulfone groups is 1. The Hall–Kier alpha value is -2.57. The first-order chi connectivity index (χ1) is 19.4. The molecule has 3 aromatic rings. The van der Waals surface area contributed by atoms with E-state index in [0.717, 1.165) is 11.1 Å². The zero-order valence-corrected chi connectivity index (χ0v) is 24.7. The Labute approximate surface area is 248 Å². The maximum atomic E-state index is 13.6. The van der Waals surface area contributed by atoms with Crippen LogP contribution in [0.4, 0.5) is 0 Å². The van der Waals surface area contributed by atoms with E-state index in [1.807, 2.05) is 12.1 Å². The zero-order valence-electron chi connectivity index (χ0n) is 22.3. The molecule has 0 radical (unpaired) electrons. The lowest BCUT2D eigenvalue weighted by Gasteiger charge is -2.44. The molecule has 3 aromatic carbocycles. The number of fused-ring (bicyclic) bond motifs is 2. The third kappa shape index (κ3) is 5.38. The Morgan fingerprint density at radius 1 is 1.10 bits per heavy atom. The second-order valence-electron chi connectivity index (χ2n) is 10.1. The predicted octanol–water partition coefficient (Wildman–Crippen LogP) is 4.74. The van der Waals surface area contributed by atoms with Crippen LogP contribution in [0, 0.1) is 6.92 Å². The van der Waals surface area contributed by atoms with Gasteiger partial charge in [0.25, 0.3) is 15.6 Å². The highest BCUT2D eigenvalue weighted by Gasteiger charge is 2.67. The van der Waals surface area contributed by atoms with Gasteiger partial charge in [-0.3, -0.25) is 0 Å². The van der Waals surface area contributed by atoms with E-state index in [1.54, 1.807) is 44.4 Å². The van der Waals surface area contributed by atoms with Crippen molar-refractivity contribution in [2.45, 2.75) is 60.6 Å². The molecule has 3 unspecified atom stereocenters. The first kappa shape index (κ1) is 29.9. The van der Waals surface area contributed by atoms with Crippen LogP contribution >= 0.6 is 23.2 Å². The SMILES string of the molecule is COc1ccc(C(Cc2ccc(Cl)cc2Cl)Oc2cc3cc(c2C)OC(O)(C(O)(O)C2CCCCO2)S3(=O)=O)cc1. The normalized spacial score (nSPS) is 22.5. The van der Waals surface area contributed by atoms with Crippen molar-refractivity contribution in [3.8, 4) is 17.2 Å². The topological polar surface area (TPSA) is 132 Å². The van der Waals surface area contributed by atoms with Crippen molar-refractivity contribution in [3.63, 3.8) is 0 Å². The van der Waals surface area contributed by atoms with E-state index < -0.39 is 37.8 Å². The standard InChI is InChI=1S/C29H30Cl2O9S/c1-17-24(39-26(18-7-10-21(37-2)11-8-18)13-19-6-9-20(30)14-23(19)31)15-22-16-25(17)40-29(34,41(22,35)36)28(32,33)27-5-3-4-12-38-27/h6-11,14-16,26-27,32-34H,3-5,12-13H2,1-2H3. The highest BCUT2D eigenvalue weighted by Crippen LogP contribution is 2.47. The summed E-state index contributed by atoms with van der Waals surface area (Å²) >= 11 is 12.5. The minimum Gasteiger partial charge on any atom is -0.497 e. The van der Waals surface area contributed by atoms with Gasteiger partial charge in [0.15, 0.2) is 0 Å². The monoisotopic (exact) mass is 624 g/mol. The molecule has 1 saturated heterocycles. The lowest BCUT2D eigenvalue weighted by Crippen LogP contribution is -2.69. The summed E-state index contributed by atoms with van der Waals surface area (Å²) in [6.45, 7) is 1.80. The molecule has 3 atom stereocenters. The van der Waals surface area contributed by atoms with Crippen LogP contribution in [0.15, 0.2) is 59.5 Å². The van der Waals surface area contributed by atoms with Gasteiger partial charge in [0, 0.05) is 28.6 Å². The van der Waals surface area contributed by atoms with Crippen LogP contribution in [0.25, 0.3) is 0 Å². The van der Waals surface area contributed by atoms with E-state index in [1.165, 1.54) is 12.1 Å². The van der Waals surface area contributed by atoms with Crippen molar-refractivity contribution < 1.29 is 42.7 Å². The van der Waals surface area contributed by atoms with Crippen molar-refractivity contribution in [2.24, 2.45) is 0 Å². The number of halogens is 2. The van der Waals surface area contributed by atoms with Crippen LogP contribution in [0.2, 0.25) is 10.0 Å². The fourth-order valence-electron chi connectivity index (χ4n) is 5.01. The average Bonchev–Trinajstić information content (AvgIpc) is 2.95. The number of hydrogen-bond acceptors (Lipinski definition) is 9. The maximum Gasteiger partial charge on any atom is 0.375 e. The predicted molar refractivity (Wildman–Crippen MR) is 151 cm³/mol. The third-order valence-electron chi connectivity index (χ3n) is 7.48. The van der Waals surface area contributed by atoms with E-state index in [2.05, 4.69) is 0 Å². The van der Waals surface area contributed by atoms with Gasteiger partial charge in [-0.2, -0.15) is 0 Å². The third-order valence-corrected chi connectivity index (χ3v) is 10.0. The fraction of sp³-hybridized carbons (Fsp3) is 0.379. The van der Waals surface area contributed by atoms with E-state index >= 15 is 0 Å². The largest absolute Gasteiger partial charge is 0.497 e. The smallest absolute Gasteiger partial charge is 0.375 e. The minimum atomic E-state index is -4.87. The van der Waals surface area contributed by atoms with E-state index in [-0.39, 0.29) is 24.5 Å². The van der Waals surface area contributed by atoms with E-state index in [0.29, 0.717) is 40.6 Å². The molecule has 0 spiro atoms. The second-order valence-corrected chi connectivity index (χ2v) is 13.0. The van der Waals surface area contributed by atoms with Gasteiger partial charge in [-0.25, -0.2) is 8.42 Å². The molecule has 1 fully saturated rings. The van der Waals surface area contributed by atoms with Gasteiger partial charge in [0.1, 0.15) is 29.5 Å². The quantitative estimate of drug-likeness (QED) is 0.304. The second kappa shape index (κ2) is 11.3. The summed E-state index contributed by atoms with van der Waals surface area (Å²) in [6, 6.07) is 14.8. The van der Waals surface area contributed by atoms with Crippen molar-refractivity contribution in [1.82, 2.24) is 0 Å². The Bertz CT molecular complexity index is 1540. The Balaban J connectivity index is 1.52. The van der Waals surface area contributed by atoms with Crippen LogP contribution in [-0.2, 0) is 21.0 Å². The highest BCUT2D eigenvalue weighted by molar-refractivity contribution is 7.92. The molecule has 5 rings (SSSR count). The van der Waals surface area contributed by atoms with Crippen LogP contribution in [-0.4, -0.2) is 54.5 Å². The molecule has 0 amide bonds. The Kier molecular flexibility index (Phi) is 8.21. The molecule has 2 bridgehead atoms. The Morgan fingerprint density at radius 3 is 2.46 bits per heavy atom. The summed E-state index contributed by atoms with van der Waals surface area (Å²) in [4.78, 5) is -0.400. The average molecular weight is 626 g/mol. The maximum absolute atomic E-state index is 13.6. The van der Waals surface area contributed by atoms with Crippen LogP contribution in [0.5, 0.6) is 17.2 Å².